The number of nitro benzene ring substituents is 1. The number of halogens is 1. The Morgan fingerprint density at radius 2 is 1.79 bits per heavy atom. The largest absolute Gasteiger partial charge is 0.457 e. The van der Waals surface area contributed by atoms with Crippen LogP contribution in [0.5, 0.6) is 0 Å². The molecule has 0 radical (unpaired) electrons. The fraction of sp³-hybridized carbons (Fsp3) is 0. The second kappa shape index (κ2) is 8.33. The minimum atomic E-state index is -0.641. The van der Waals surface area contributed by atoms with Crippen LogP contribution in [-0.2, 0) is 4.79 Å². The number of carbonyl (C=O) groups is 1. The van der Waals surface area contributed by atoms with Crippen molar-refractivity contribution < 1.29 is 14.1 Å². The van der Waals surface area contributed by atoms with Gasteiger partial charge in [-0.25, -0.2) is 0 Å². The van der Waals surface area contributed by atoms with Gasteiger partial charge >= 0.3 is 0 Å². The quantitative estimate of drug-likeness (QED) is 0.256. The molecule has 3 aromatic rings. The Kier molecular flexibility index (Phi) is 5.67. The Bertz CT molecular complexity index is 1090. The van der Waals surface area contributed by atoms with Crippen LogP contribution in [0.3, 0.4) is 0 Å². The fourth-order valence-electron chi connectivity index (χ4n) is 2.36. The van der Waals surface area contributed by atoms with Crippen molar-refractivity contribution in [2.24, 2.45) is 0 Å². The molecule has 8 heteroatoms. The molecule has 0 aliphatic carbocycles. The van der Waals surface area contributed by atoms with Gasteiger partial charge in [0.15, 0.2) is 0 Å². The van der Waals surface area contributed by atoms with E-state index in [0.717, 1.165) is 10.0 Å². The first-order valence-electron chi connectivity index (χ1n) is 7.99. The Morgan fingerprint density at radius 3 is 2.39 bits per heavy atom. The predicted octanol–water partition coefficient (Wildman–Crippen LogP) is 5.16. The number of nitrogens with zero attached hydrogens (tertiary/aromatic N) is 2. The summed E-state index contributed by atoms with van der Waals surface area (Å²) >= 11 is 3.37. The summed E-state index contributed by atoms with van der Waals surface area (Å²) in [7, 11) is 0. The van der Waals surface area contributed by atoms with Gasteiger partial charge in [-0.2, -0.15) is 5.26 Å². The molecule has 28 heavy (non-hydrogen) atoms. The number of benzene rings is 2. The van der Waals surface area contributed by atoms with Gasteiger partial charge in [-0.15, -0.1) is 0 Å². The smallest absolute Gasteiger partial charge is 0.269 e. The number of carbonyl (C=O) groups excluding carboxylic acids is 1. The Hall–Kier alpha value is -3.70. The number of non-ortho nitro benzene ring substituents is 1. The molecule has 0 fully saturated rings. The van der Waals surface area contributed by atoms with E-state index >= 15 is 0 Å². The monoisotopic (exact) mass is 437 g/mol. The van der Waals surface area contributed by atoms with Crippen LogP contribution in [0.4, 0.5) is 11.4 Å². The van der Waals surface area contributed by atoms with Gasteiger partial charge in [0.2, 0.25) is 0 Å². The molecule has 0 aliphatic rings. The van der Waals surface area contributed by atoms with Crippen LogP contribution in [-0.4, -0.2) is 10.8 Å². The van der Waals surface area contributed by atoms with Crippen LogP contribution in [0.1, 0.15) is 5.76 Å². The van der Waals surface area contributed by atoms with Gasteiger partial charge in [0.05, 0.1) is 4.92 Å². The van der Waals surface area contributed by atoms with E-state index in [1.165, 1.54) is 30.3 Å². The Labute approximate surface area is 168 Å². The summed E-state index contributed by atoms with van der Waals surface area (Å²) in [5.41, 5.74) is 0.948. The topological polar surface area (TPSA) is 109 Å². The van der Waals surface area contributed by atoms with Gasteiger partial charge in [-0.3, -0.25) is 14.9 Å². The third-order valence-electron chi connectivity index (χ3n) is 3.74. The van der Waals surface area contributed by atoms with Gasteiger partial charge < -0.3 is 9.73 Å². The summed E-state index contributed by atoms with van der Waals surface area (Å²) in [5, 5.41) is 22.5. The van der Waals surface area contributed by atoms with E-state index in [0.29, 0.717) is 17.2 Å². The number of hydrogen-bond acceptors (Lipinski definition) is 5. The van der Waals surface area contributed by atoms with Crippen molar-refractivity contribution in [3.05, 3.63) is 86.6 Å². The van der Waals surface area contributed by atoms with Crippen molar-refractivity contribution in [3.8, 4) is 17.4 Å². The predicted molar refractivity (Wildman–Crippen MR) is 107 cm³/mol. The van der Waals surface area contributed by atoms with Gasteiger partial charge in [-0.1, -0.05) is 28.1 Å². The van der Waals surface area contributed by atoms with Crippen molar-refractivity contribution in [2.75, 3.05) is 5.32 Å². The molecule has 1 heterocycles. The molecule has 1 amide bonds. The molecule has 0 spiro atoms. The lowest BCUT2D eigenvalue weighted by atomic mass is 10.2. The second-order valence-electron chi connectivity index (χ2n) is 5.64. The molecule has 1 N–H and O–H groups in total. The van der Waals surface area contributed by atoms with Gasteiger partial charge in [0, 0.05) is 33.9 Å². The first kappa shape index (κ1) is 19.1. The first-order chi connectivity index (χ1) is 13.5. The van der Waals surface area contributed by atoms with Gasteiger partial charge in [0.1, 0.15) is 23.2 Å². The van der Waals surface area contributed by atoms with E-state index in [9.17, 15) is 20.2 Å². The van der Waals surface area contributed by atoms with Crippen molar-refractivity contribution in [1.29, 1.82) is 5.26 Å². The molecule has 0 saturated carbocycles. The summed E-state index contributed by atoms with van der Waals surface area (Å²) in [6, 6.07) is 18.1. The zero-order valence-electron chi connectivity index (χ0n) is 14.3. The molecule has 2 aromatic carbocycles. The third-order valence-corrected chi connectivity index (χ3v) is 4.27. The van der Waals surface area contributed by atoms with Crippen molar-refractivity contribution in [3.63, 3.8) is 0 Å². The zero-order chi connectivity index (χ0) is 20.1. The highest BCUT2D eigenvalue weighted by molar-refractivity contribution is 9.10. The number of furan rings is 1. The van der Waals surface area contributed by atoms with E-state index in [1.54, 1.807) is 12.1 Å². The lowest BCUT2D eigenvalue weighted by Gasteiger charge is -2.03. The van der Waals surface area contributed by atoms with E-state index < -0.39 is 10.8 Å². The first-order valence-corrected chi connectivity index (χ1v) is 8.79. The van der Waals surface area contributed by atoms with Crippen LogP contribution >= 0.6 is 15.9 Å². The molecule has 0 unspecified atom stereocenters. The fourth-order valence-corrected chi connectivity index (χ4v) is 2.62. The highest BCUT2D eigenvalue weighted by Gasteiger charge is 2.12. The maximum absolute atomic E-state index is 12.3. The summed E-state index contributed by atoms with van der Waals surface area (Å²) < 4.78 is 6.63. The minimum Gasteiger partial charge on any atom is -0.457 e. The summed E-state index contributed by atoms with van der Waals surface area (Å²) in [6.07, 6.45) is 1.34. The number of hydrogen-bond donors (Lipinski definition) is 1. The number of nitrogens with one attached hydrogen (secondary N) is 1. The number of anilines is 1. The van der Waals surface area contributed by atoms with E-state index in [1.807, 2.05) is 30.3 Å². The molecular weight excluding hydrogens is 426 g/mol. The lowest BCUT2D eigenvalue weighted by molar-refractivity contribution is -0.384. The molecule has 0 bridgehead atoms. The normalized spacial score (nSPS) is 10.9. The minimum absolute atomic E-state index is 0.0925. The molecular formula is C20H12BrN3O4. The van der Waals surface area contributed by atoms with Gasteiger partial charge in [0.25, 0.3) is 11.6 Å². The van der Waals surface area contributed by atoms with Crippen molar-refractivity contribution in [2.45, 2.75) is 0 Å². The van der Waals surface area contributed by atoms with Crippen LogP contribution in [0.15, 0.2) is 75.1 Å². The highest BCUT2D eigenvalue weighted by atomic mass is 79.9. The summed E-state index contributed by atoms with van der Waals surface area (Å²) in [4.78, 5) is 22.4. The lowest BCUT2D eigenvalue weighted by Crippen LogP contribution is -2.13. The molecule has 7 nitrogen and oxygen atoms in total. The van der Waals surface area contributed by atoms with Crippen molar-refractivity contribution >= 4 is 39.3 Å². The van der Waals surface area contributed by atoms with Gasteiger partial charge in [-0.05, 0) is 36.4 Å². The molecule has 0 aliphatic heterocycles. The molecule has 3 rings (SSSR count). The van der Waals surface area contributed by atoms with Crippen LogP contribution < -0.4 is 5.32 Å². The van der Waals surface area contributed by atoms with Crippen molar-refractivity contribution in [1.82, 2.24) is 0 Å². The number of nitriles is 1. The maximum atomic E-state index is 12.3. The third kappa shape index (κ3) is 4.52. The van der Waals surface area contributed by atoms with Crippen LogP contribution in [0, 0.1) is 21.4 Å². The van der Waals surface area contributed by atoms with E-state index in [2.05, 4.69) is 21.2 Å². The van der Waals surface area contributed by atoms with Crippen LogP contribution in [0.2, 0.25) is 0 Å². The molecule has 0 saturated heterocycles. The highest BCUT2D eigenvalue weighted by Crippen LogP contribution is 2.25. The second-order valence-corrected chi connectivity index (χ2v) is 6.55. The van der Waals surface area contributed by atoms with Crippen LogP contribution in [0.25, 0.3) is 17.4 Å². The molecule has 0 atom stereocenters. The average molecular weight is 438 g/mol. The standard InChI is InChI=1S/C20H12BrN3O4/c21-15-3-1-13(2-4-15)19-10-9-18(28-19)11-14(12-22)20(25)23-16-5-7-17(8-6-16)24(26)27/h1-11H,(H,23,25)/b14-11+. The van der Waals surface area contributed by atoms with E-state index in [-0.39, 0.29) is 11.3 Å². The molecule has 138 valence electrons. The number of nitro groups is 1. The number of rotatable bonds is 5. The Balaban J connectivity index is 1.76. The summed E-state index contributed by atoms with van der Waals surface area (Å²) in [6.45, 7) is 0. The average Bonchev–Trinajstić information content (AvgIpc) is 3.15. The zero-order valence-corrected chi connectivity index (χ0v) is 15.8. The summed E-state index contributed by atoms with van der Waals surface area (Å²) in [5.74, 6) is 0.318. The number of amides is 1. The van der Waals surface area contributed by atoms with E-state index in [4.69, 9.17) is 4.42 Å². The maximum Gasteiger partial charge on any atom is 0.269 e. The molecule has 1 aromatic heterocycles. The SMILES string of the molecule is N#C/C(=C\c1ccc(-c2ccc(Br)cc2)o1)C(=O)Nc1ccc([N+](=O)[O-])cc1. The Morgan fingerprint density at radius 1 is 1.11 bits per heavy atom.